The summed E-state index contributed by atoms with van der Waals surface area (Å²) in [5.74, 6) is 0.178. The number of nitrogens with one attached hydrogen (secondary N) is 1. The molecule has 1 aromatic heterocycles. The molecule has 3 rings (SSSR count). The largest absolute Gasteiger partial charge is 0.377 e. The molecular weight excluding hydrogens is 430 g/mol. The van der Waals surface area contributed by atoms with Crippen molar-refractivity contribution in [3.05, 3.63) is 81.5 Å². The molecule has 0 saturated heterocycles. The Morgan fingerprint density at radius 3 is 2.36 bits per heavy atom. The summed E-state index contributed by atoms with van der Waals surface area (Å²) in [6, 6.07) is 17.3. The quantitative estimate of drug-likeness (QED) is 0.442. The van der Waals surface area contributed by atoms with E-state index in [9.17, 15) is 9.59 Å². The molecule has 2 amide bonds. The van der Waals surface area contributed by atoms with Crippen molar-refractivity contribution in [1.82, 2.24) is 4.90 Å². The van der Waals surface area contributed by atoms with Crippen LogP contribution in [-0.2, 0) is 6.54 Å². The van der Waals surface area contributed by atoms with Crippen molar-refractivity contribution < 1.29 is 9.59 Å². The zero-order valence-electron chi connectivity index (χ0n) is 20.3. The molecule has 33 heavy (non-hydrogen) atoms. The van der Waals surface area contributed by atoms with Crippen LogP contribution in [0.3, 0.4) is 0 Å². The Labute approximate surface area is 201 Å². The lowest BCUT2D eigenvalue weighted by molar-refractivity contribution is 0.0628. The second-order valence-corrected chi connectivity index (χ2v) is 9.90. The first-order chi connectivity index (χ1) is 15.7. The molecule has 0 fully saturated rings. The summed E-state index contributed by atoms with van der Waals surface area (Å²) in [4.78, 5) is 30.8. The Morgan fingerprint density at radius 2 is 1.76 bits per heavy atom. The molecule has 3 aromatic rings. The lowest BCUT2D eigenvalue weighted by Gasteiger charge is -2.33. The van der Waals surface area contributed by atoms with E-state index in [0.717, 1.165) is 16.8 Å². The lowest BCUT2D eigenvalue weighted by atomic mass is 10.0. The third-order valence-corrected chi connectivity index (χ3v) is 6.76. The summed E-state index contributed by atoms with van der Waals surface area (Å²) in [5, 5.41) is 4.88. The van der Waals surface area contributed by atoms with Crippen molar-refractivity contribution in [1.29, 1.82) is 0 Å². The Kier molecular flexibility index (Phi) is 7.92. The number of hydrogen-bond donors (Lipinski definition) is 1. The number of hydrogen-bond acceptors (Lipinski definition) is 4. The van der Waals surface area contributed by atoms with E-state index < -0.39 is 0 Å². The Hall–Kier alpha value is -3.12. The SMILES string of the molecule is Cc1cccc(C(=O)N(Cc2cc(NC(=O)c3cccs3)ccc2N(C)C)[C@@H](C)C(C)C)c1. The van der Waals surface area contributed by atoms with Crippen LogP contribution in [0.5, 0.6) is 0 Å². The monoisotopic (exact) mass is 463 g/mol. The van der Waals surface area contributed by atoms with Gasteiger partial charge in [-0.2, -0.15) is 0 Å². The van der Waals surface area contributed by atoms with Crippen LogP contribution in [-0.4, -0.2) is 36.9 Å². The van der Waals surface area contributed by atoms with Gasteiger partial charge in [-0.25, -0.2) is 0 Å². The van der Waals surface area contributed by atoms with Gasteiger partial charge in [0, 0.05) is 43.6 Å². The van der Waals surface area contributed by atoms with Gasteiger partial charge in [0.25, 0.3) is 11.8 Å². The lowest BCUT2D eigenvalue weighted by Crippen LogP contribution is -2.41. The fourth-order valence-corrected chi connectivity index (χ4v) is 4.33. The highest BCUT2D eigenvalue weighted by atomic mass is 32.1. The minimum atomic E-state index is -0.128. The van der Waals surface area contributed by atoms with Crippen molar-refractivity contribution in [2.45, 2.75) is 40.3 Å². The van der Waals surface area contributed by atoms with E-state index in [4.69, 9.17) is 0 Å². The fourth-order valence-electron chi connectivity index (χ4n) is 3.71. The number of carbonyl (C=O) groups excluding carboxylic acids is 2. The van der Waals surface area contributed by atoms with Gasteiger partial charge in [0.2, 0.25) is 0 Å². The zero-order chi connectivity index (χ0) is 24.1. The summed E-state index contributed by atoms with van der Waals surface area (Å²) in [6.45, 7) is 8.80. The van der Waals surface area contributed by atoms with Gasteiger partial charge in [-0.05, 0) is 67.1 Å². The van der Waals surface area contributed by atoms with Crippen LogP contribution < -0.4 is 10.2 Å². The van der Waals surface area contributed by atoms with Gasteiger partial charge in [-0.1, -0.05) is 37.6 Å². The third kappa shape index (κ3) is 6.02. The van der Waals surface area contributed by atoms with Gasteiger partial charge >= 0.3 is 0 Å². The van der Waals surface area contributed by atoms with Crippen molar-refractivity contribution >= 4 is 34.5 Å². The van der Waals surface area contributed by atoms with Gasteiger partial charge in [0.05, 0.1) is 4.88 Å². The molecule has 0 saturated carbocycles. The average Bonchev–Trinajstić information content (AvgIpc) is 3.31. The van der Waals surface area contributed by atoms with E-state index in [1.54, 1.807) is 0 Å². The molecule has 0 aliphatic heterocycles. The molecule has 1 N–H and O–H groups in total. The van der Waals surface area contributed by atoms with Crippen LogP contribution in [0.2, 0.25) is 0 Å². The highest BCUT2D eigenvalue weighted by Crippen LogP contribution is 2.28. The third-order valence-electron chi connectivity index (χ3n) is 5.89. The van der Waals surface area contributed by atoms with Crippen molar-refractivity contribution in [3.63, 3.8) is 0 Å². The zero-order valence-corrected chi connectivity index (χ0v) is 21.1. The standard InChI is InChI=1S/C27H33N3O2S/c1-18(2)20(4)30(27(32)21-10-7-9-19(3)15-21)17-22-16-23(12-13-24(22)29(5)6)28-26(31)25-11-8-14-33-25/h7-16,18,20H,17H2,1-6H3,(H,28,31)/t20-/m0/s1. The Bertz CT molecular complexity index is 1110. The molecular formula is C27H33N3O2S. The summed E-state index contributed by atoms with van der Waals surface area (Å²) < 4.78 is 0. The Balaban J connectivity index is 1.96. The fraction of sp³-hybridized carbons (Fsp3) is 0.333. The van der Waals surface area contributed by atoms with Crippen LogP contribution in [0.15, 0.2) is 60.0 Å². The molecule has 1 atom stereocenters. The molecule has 0 radical (unpaired) electrons. The minimum absolute atomic E-state index is 0.0117. The summed E-state index contributed by atoms with van der Waals surface area (Å²) >= 11 is 1.41. The van der Waals surface area contributed by atoms with Gasteiger partial charge < -0.3 is 15.1 Å². The summed E-state index contributed by atoms with van der Waals surface area (Å²) in [7, 11) is 3.97. The second-order valence-electron chi connectivity index (χ2n) is 8.96. The molecule has 0 spiro atoms. The Morgan fingerprint density at radius 1 is 1.00 bits per heavy atom. The number of carbonyl (C=O) groups is 2. The molecule has 0 unspecified atom stereocenters. The van der Waals surface area contributed by atoms with E-state index in [2.05, 4.69) is 26.1 Å². The van der Waals surface area contributed by atoms with Gasteiger partial charge in [-0.3, -0.25) is 9.59 Å². The maximum atomic E-state index is 13.6. The van der Waals surface area contributed by atoms with E-state index >= 15 is 0 Å². The smallest absolute Gasteiger partial charge is 0.265 e. The molecule has 0 bridgehead atoms. The van der Waals surface area contributed by atoms with E-state index in [1.807, 2.05) is 90.8 Å². The first-order valence-corrected chi connectivity index (χ1v) is 12.1. The molecule has 0 aliphatic rings. The second kappa shape index (κ2) is 10.7. The number of benzene rings is 2. The van der Waals surface area contributed by atoms with Crippen molar-refractivity contribution in [2.75, 3.05) is 24.3 Å². The normalized spacial score (nSPS) is 11.8. The first kappa shape index (κ1) is 24.5. The molecule has 0 aliphatic carbocycles. The number of anilines is 2. The molecule has 174 valence electrons. The number of amides is 2. The molecule has 5 nitrogen and oxygen atoms in total. The van der Waals surface area contributed by atoms with Crippen LogP contribution in [0, 0.1) is 12.8 Å². The van der Waals surface area contributed by atoms with Crippen LogP contribution in [0.1, 0.15) is 51.9 Å². The van der Waals surface area contributed by atoms with Crippen molar-refractivity contribution in [3.8, 4) is 0 Å². The van der Waals surface area contributed by atoms with Gasteiger partial charge in [0.15, 0.2) is 0 Å². The molecule has 6 heteroatoms. The van der Waals surface area contributed by atoms with Crippen LogP contribution in [0.25, 0.3) is 0 Å². The highest BCUT2D eigenvalue weighted by molar-refractivity contribution is 7.12. The molecule has 1 heterocycles. The average molecular weight is 464 g/mol. The summed E-state index contributed by atoms with van der Waals surface area (Å²) in [6.07, 6.45) is 0. The minimum Gasteiger partial charge on any atom is -0.377 e. The first-order valence-electron chi connectivity index (χ1n) is 11.2. The predicted octanol–water partition coefficient (Wildman–Crippen LogP) is 6.06. The topological polar surface area (TPSA) is 52.7 Å². The van der Waals surface area contributed by atoms with Gasteiger partial charge in [-0.15, -0.1) is 11.3 Å². The van der Waals surface area contributed by atoms with Crippen molar-refractivity contribution in [2.24, 2.45) is 5.92 Å². The van der Waals surface area contributed by atoms with E-state index in [1.165, 1.54) is 11.3 Å². The predicted molar refractivity (Wildman–Crippen MR) is 138 cm³/mol. The maximum absolute atomic E-state index is 13.6. The van der Waals surface area contributed by atoms with Gasteiger partial charge in [0.1, 0.15) is 0 Å². The van der Waals surface area contributed by atoms with E-state index in [0.29, 0.717) is 28.6 Å². The molecule has 2 aromatic carbocycles. The highest BCUT2D eigenvalue weighted by Gasteiger charge is 2.25. The van der Waals surface area contributed by atoms with Crippen LogP contribution >= 0.6 is 11.3 Å². The maximum Gasteiger partial charge on any atom is 0.265 e. The number of rotatable bonds is 8. The van der Waals surface area contributed by atoms with E-state index in [-0.39, 0.29) is 17.9 Å². The number of aryl methyl sites for hydroxylation is 1. The van der Waals surface area contributed by atoms with Crippen LogP contribution in [0.4, 0.5) is 11.4 Å². The number of thiophene rings is 1. The number of nitrogens with zero attached hydrogens (tertiary/aromatic N) is 2. The summed E-state index contributed by atoms with van der Waals surface area (Å²) in [5.41, 5.74) is 4.47.